The minimum Gasteiger partial charge on any atom is -0.495 e. The minimum absolute atomic E-state index is 0.0763. The summed E-state index contributed by atoms with van der Waals surface area (Å²) >= 11 is 1.48. The van der Waals surface area contributed by atoms with E-state index in [4.69, 9.17) is 14.0 Å². The van der Waals surface area contributed by atoms with Gasteiger partial charge in [0, 0.05) is 4.88 Å². The van der Waals surface area contributed by atoms with Crippen LogP contribution in [0.1, 0.15) is 38.2 Å². The second kappa shape index (κ2) is 8.44. The molecule has 9 heteroatoms. The number of ether oxygens (including phenoxy) is 2. The zero-order chi connectivity index (χ0) is 20.2. The van der Waals surface area contributed by atoms with Crippen LogP contribution in [0.4, 0.5) is 5.69 Å². The lowest BCUT2D eigenvalue weighted by molar-refractivity contribution is -0.115. The molecule has 2 heterocycles. The predicted molar refractivity (Wildman–Crippen MR) is 105 cm³/mol. The SMILES string of the molecule is COc1ccccc1NC(=O)Cc1noc(COC(=O)c2cc3c(s2)CCC3)n1. The number of hydrogen-bond donors (Lipinski definition) is 1. The lowest BCUT2D eigenvalue weighted by Gasteiger charge is -2.08. The third-order valence-corrected chi connectivity index (χ3v) is 5.70. The monoisotopic (exact) mass is 413 g/mol. The number of methoxy groups -OCH3 is 1. The maximum Gasteiger partial charge on any atom is 0.348 e. The van der Waals surface area contributed by atoms with Crippen molar-refractivity contribution in [3.05, 3.63) is 57.4 Å². The number of benzene rings is 1. The molecule has 0 saturated carbocycles. The molecule has 1 aliphatic carbocycles. The number of nitrogens with one attached hydrogen (secondary N) is 1. The van der Waals surface area contributed by atoms with Crippen molar-refractivity contribution in [1.82, 2.24) is 10.1 Å². The lowest BCUT2D eigenvalue weighted by atomic mass is 10.2. The van der Waals surface area contributed by atoms with E-state index in [1.165, 1.54) is 28.9 Å². The fourth-order valence-electron chi connectivity index (χ4n) is 3.13. The first-order valence-electron chi connectivity index (χ1n) is 9.15. The fraction of sp³-hybridized carbons (Fsp3) is 0.300. The zero-order valence-electron chi connectivity index (χ0n) is 15.8. The Balaban J connectivity index is 1.30. The maximum absolute atomic E-state index is 12.2. The Bertz CT molecular complexity index is 1020. The lowest BCUT2D eigenvalue weighted by Crippen LogP contribution is -2.15. The number of thiophene rings is 1. The zero-order valence-corrected chi connectivity index (χ0v) is 16.6. The number of para-hydroxylation sites is 2. The van der Waals surface area contributed by atoms with Crippen LogP contribution in [0.15, 0.2) is 34.9 Å². The van der Waals surface area contributed by atoms with E-state index in [0.717, 1.165) is 19.3 Å². The molecule has 29 heavy (non-hydrogen) atoms. The number of amides is 1. The van der Waals surface area contributed by atoms with E-state index in [-0.39, 0.29) is 30.7 Å². The average molecular weight is 413 g/mol. The van der Waals surface area contributed by atoms with Gasteiger partial charge in [0.2, 0.25) is 5.91 Å². The number of aromatic nitrogens is 2. The third kappa shape index (κ3) is 4.45. The van der Waals surface area contributed by atoms with Gasteiger partial charge in [-0.3, -0.25) is 4.79 Å². The molecule has 1 amide bonds. The van der Waals surface area contributed by atoms with Gasteiger partial charge in [-0.1, -0.05) is 17.3 Å². The van der Waals surface area contributed by atoms with Crippen molar-refractivity contribution >= 4 is 28.9 Å². The summed E-state index contributed by atoms with van der Waals surface area (Å²) in [6.45, 7) is -0.136. The molecule has 0 bridgehead atoms. The molecule has 1 aliphatic rings. The molecule has 3 aromatic rings. The Morgan fingerprint density at radius 3 is 2.97 bits per heavy atom. The molecular formula is C20H19N3O5S. The summed E-state index contributed by atoms with van der Waals surface area (Å²) in [7, 11) is 1.53. The molecule has 0 spiro atoms. The Morgan fingerprint density at radius 2 is 2.14 bits per heavy atom. The van der Waals surface area contributed by atoms with Gasteiger partial charge in [0.25, 0.3) is 5.89 Å². The van der Waals surface area contributed by atoms with Crippen LogP contribution in [0.5, 0.6) is 5.75 Å². The molecule has 0 saturated heterocycles. The Kier molecular flexibility index (Phi) is 5.57. The molecule has 0 aliphatic heterocycles. The first kappa shape index (κ1) is 19.1. The average Bonchev–Trinajstić information content (AvgIpc) is 3.43. The van der Waals surface area contributed by atoms with Crippen LogP contribution in [0, 0.1) is 0 Å². The molecular weight excluding hydrogens is 394 g/mol. The standard InChI is InChI=1S/C20H19N3O5S/c1-26-14-7-3-2-6-13(14)21-18(24)10-17-22-19(28-23-17)11-27-20(25)16-9-12-5-4-8-15(12)29-16/h2-3,6-7,9H,4-5,8,10-11H2,1H3,(H,21,24). The van der Waals surface area contributed by atoms with Gasteiger partial charge in [0.1, 0.15) is 10.6 Å². The molecule has 4 rings (SSSR count). The Hall–Kier alpha value is -3.20. The number of hydrogen-bond acceptors (Lipinski definition) is 8. The van der Waals surface area contributed by atoms with Crippen LogP contribution in [0.2, 0.25) is 0 Å². The number of carbonyl (C=O) groups excluding carboxylic acids is 2. The van der Waals surface area contributed by atoms with Crippen molar-refractivity contribution in [3.8, 4) is 5.75 Å². The second-order valence-electron chi connectivity index (χ2n) is 6.52. The van der Waals surface area contributed by atoms with Crippen LogP contribution >= 0.6 is 11.3 Å². The van der Waals surface area contributed by atoms with Crippen molar-refractivity contribution < 1.29 is 23.6 Å². The summed E-state index contributed by atoms with van der Waals surface area (Å²) in [6, 6.07) is 8.99. The van der Waals surface area contributed by atoms with Crippen molar-refractivity contribution in [3.63, 3.8) is 0 Å². The molecule has 8 nitrogen and oxygen atoms in total. The molecule has 1 N–H and O–H groups in total. The summed E-state index contributed by atoms with van der Waals surface area (Å²) in [5.41, 5.74) is 1.79. The molecule has 2 aromatic heterocycles. The highest BCUT2D eigenvalue weighted by molar-refractivity contribution is 7.14. The maximum atomic E-state index is 12.2. The van der Waals surface area contributed by atoms with Gasteiger partial charge in [0.15, 0.2) is 12.4 Å². The van der Waals surface area contributed by atoms with Gasteiger partial charge < -0.3 is 19.3 Å². The Morgan fingerprint density at radius 1 is 1.28 bits per heavy atom. The van der Waals surface area contributed by atoms with E-state index in [0.29, 0.717) is 16.3 Å². The van der Waals surface area contributed by atoms with Gasteiger partial charge in [-0.2, -0.15) is 4.98 Å². The summed E-state index contributed by atoms with van der Waals surface area (Å²) in [6.07, 6.45) is 3.11. The van der Waals surface area contributed by atoms with Gasteiger partial charge in [-0.25, -0.2) is 4.79 Å². The van der Waals surface area contributed by atoms with E-state index in [1.807, 2.05) is 12.1 Å². The van der Waals surface area contributed by atoms with Crippen LogP contribution in [-0.4, -0.2) is 29.1 Å². The smallest absolute Gasteiger partial charge is 0.348 e. The summed E-state index contributed by atoms with van der Waals surface area (Å²) in [4.78, 5) is 30.4. The summed E-state index contributed by atoms with van der Waals surface area (Å²) in [5, 5.41) is 6.50. The molecule has 0 radical (unpaired) electrons. The van der Waals surface area contributed by atoms with Crippen LogP contribution in [0.25, 0.3) is 0 Å². The molecule has 0 atom stereocenters. The van der Waals surface area contributed by atoms with Crippen LogP contribution in [0.3, 0.4) is 0 Å². The second-order valence-corrected chi connectivity index (χ2v) is 7.66. The van der Waals surface area contributed by atoms with Crippen LogP contribution < -0.4 is 10.1 Å². The molecule has 0 fully saturated rings. The van der Waals surface area contributed by atoms with Crippen molar-refractivity contribution in [2.45, 2.75) is 32.3 Å². The first-order valence-corrected chi connectivity index (χ1v) is 9.97. The molecule has 0 unspecified atom stereocenters. The topological polar surface area (TPSA) is 104 Å². The van der Waals surface area contributed by atoms with E-state index < -0.39 is 5.97 Å². The highest BCUT2D eigenvalue weighted by atomic mass is 32.1. The van der Waals surface area contributed by atoms with Crippen molar-refractivity contribution in [2.24, 2.45) is 0 Å². The number of rotatable bonds is 7. The van der Waals surface area contributed by atoms with E-state index in [2.05, 4.69) is 15.5 Å². The predicted octanol–water partition coefficient (Wildman–Crippen LogP) is 3.17. The quantitative estimate of drug-likeness (QED) is 0.593. The molecule has 1 aromatic carbocycles. The minimum atomic E-state index is -0.405. The van der Waals surface area contributed by atoms with Gasteiger partial charge in [-0.05, 0) is 43.0 Å². The molecule has 150 valence electrons. The first-order chi connectivity index (χ1) is 14.1. The summed E-state index contributed by atoms with van der Waals surface area (Å²) < 4.78 is 15.5. The van der Waals surface area contributed by atoms with Gasteiger partial charge >= 0.3 is 5.97 Å². The largest absolute Gasteiger partial charge is 0.495 e. The van der Waals surface area contributed by atoms with Crippen molar-refractivity contribution in [1.29, 1.82) is 0 Å². The Labute approximate surface area is 170 Å². The van der Waals surface area contributed by atoms with E-state index in [1.54, 1.807) is 18.2 Å². The number of carbonyl (C=O) groups is 2. The van der Waals surface area contributed by atoms with E-state index >= 15 is 0 Å². The van der Waals surface area contributed by atoms with Gasteiger partial charge in [-0.15, -0.1) is 11.3 Å². The highest BCUT2D eigenvalue weighted by Crippen LogP contribution is 2.31. The third-order valence-electron chi connectivity index (χ3n) is 4.48. The number of esters is 1. The number of aryl methyl sites for hydroxylation is 2. The number of nitrogens with zero attached hydrogens (tertiary/aromatic N) is 2. The highest BCUT2D eigenvalue weighted by Gasteiger charge is 2.20. The summed E-state index contributed by atoms with van der Waals surface area (Å²) in [5.74, 6) is 0.187. The number of anilines is 1. The number of fused-ring (bicyclic) bond motifs is 1. The van der Waals surface area contributed by atoms with Crippen LogP contribution in [-0.2, 0) is 35.4 Å². The normalized spacial score (nSPS) is 12.4. The van der Waals surface area contributed by atoms with Gasteiger partial charge in [0.05, 0.1) is 19.2 Å². The van der Waals surface area contributed by atoms with Crippen molar-refractivity contribution in [2.75, 3.05) is 12.4 Å². The fourth-order valence-corrected chi connectivity index (χ4v) is 4.28. The van der Waals surface area contributed by atoms with E-state index in [9.17, 15) is 9.59 Å².